The summed E-state index contributed by atoms with van der Waals surface area (Å²) < 4.78 is 0. The Kier molecular flexibility index (Phi) is 3.51. The normalized spacial score (nSPS) is 22.6. The molecule has 1 aromatic carbocycles. The molecule has 0 amide bonds. The van der Waals surface area contributed by atoms with Crippen molar-refractivity contribution in [1.29, 1.82) is 0 Å². The largest absolute Gasteiger partial charge is 0.316 e. The molecule has 1 aromatic rings. The summed E-state index contributed by atoms with van der Waals surface area (Å²) in [5.74, 6) is 0.117. The fourth-order valence-corrected chi connectivity index (χ4v) is 2.36. The number of nitro groups is 1. The Morgan fingerprint density at radius 2 is 2.12 bits per heavy atom. The van der Waals surface area contributed by atoms with Crippen LogP contribution in [0, 0.1) is 16.0 Å². The Morgan fingerprint density at radius 1 is 1.38 bits per heavy atom. The van der Waals surface area contributed by atoms with Crippen LogP contribution in [0.2, 0.25) is 0 Å². The zero-order chi connectivity index (χ0) is 11.4. The molecular formula is C12H16N2O2. The van der Waals surface area contributed by atoms with E-state index in [-0.39, 0.29) is 10.8 Å². The maximum atomic E-state index is 11.2. The van der Waals surface area contributed by atoms with E-state index in [0.29, 0.717) is 0 Å². The number of nitrogens with zero attached hydrogens (tertiary/aromatic N) is 1. The fourth-order valence-electron chi connectivity index (χ4n) is 2.36. The van der Waals surface area contributed by atoms with Crippen LogP contribution < -0.4 is 5.32 Å². The number of benzene rings is 1. The highest BCUT2D eigenvalue weighted by atomic mass is 16.6. The molecule has 86 valence electrons. The number of hydrogen-bond acceptors (Lipinski definition) is 3. The van der Waals surface area contributed by atoms with E-state index in [2.05, 4.69) is 5.32 Å². The predicted molar refractivity (Wildman–Crippen MR) is 61.8 cm³/mol. The summed E-state index contributed by atoms with van der Waals surface area (Å²) in [5.41, 5.74) is 0.821. The number of rotatable bonds is 3. The van der Waals surface area contributed by atoms with Crippen LogP contribution in [0.4, 0.5) is 0 Å². The van der Waals surface area contributed by atoms with E-state index in [0.717, 1.165) is 31.5 Å². The van der Waals surface area contributed by atoms with Crippen LogP contribution >= 0.6 is 0 Å². The summed E-state index contributed by atoms with van der Waals surface area (Å²) in [4.78, 5) is 11.0. The van der Waals surface area contributed by atoms with E-state index in [9.17, 15) is 10.1 Å². The molecule has 0 aromatic heterocycles. The van der Waals surface area contributed by atoms with Gasteiger partial charge in [0.1, 0.15) is 0 Å². The number of hydrogen-bond donors (Lipinski definition) is 1. The van der Waals surface area contributed by atoms with Gasteiger partial charge in [-0.1, -0.05) is 30.3 Å². The van der Waals surface area contributed by atoms with Crippen molar-refractivity contribution in [2.75, 3.05) is 13.1 Å². The van der Waals surface area contributed by atoms with Gasteiger partial charge in [0.15, 0.2) is 0 Å². The summed E-state index contributed by atoms with van der Waals surface area (Å²) in [7, 11) is 0. The van der Waals surface area contributed by atoms with Crippen molar-refractivity contribution in [1.82, 2.24) is 5.32 Å². The lowest BCUT2D eigenvalue weighted by Gasteiger charge is -2.25. The van der Waals surface area contributed by atoms with Crippen molar-refractivity contribution in [3.63, 3.8) is 0 Å². The standard InChI is InChI=1S/C12H16N2O2/c15-14(16)12(10-5-2-1-3-6-10)11-7-4-8-13-9-11/h1-3,5-6,11-13H,4,7-9H2. The topological polar surface area (TPSA) is 55.2 Å². The molecule has 1 fully saturated rings. The first kappa shape index (κ1) is 11.1. The first-order valence-electron chi connectivity index (χ1n) is 5.68. The van der Waals surface area contributed by atoms with Gasteiger partial charge in [0, 0.05) is 22.9 Å². The average Bonchev–Trinajstić information content (AvgIpc) is 2.31. The molecule has 2 atom stereocenters. The van der Waals surface area contributed by atoms with Gasteiger partial charge in [0.05, 0.1) is 0 Å². The summed E-state index contributed by atoms with van der Waals surface area (Å²) in [5, 5.41) is 14.4. The molecular weight excluding hydrogens is 204 g/mol. The number of nitrogens with one attached hydrogen (secondary N) is 1. The van der Waals surface area contributed by atoms with Crippen LogP contribution in [0.15, 0.2) is 30.3 Å². The molecule has 1 saturated heterocycles. The van der Waals surface area contributed by atoms with Gasteiger partial charge in [-0.25, -0.2) is 0 Å². The van der Waals surface area contributed by atoms with Crippen LogP contribution in [0.5, 0.6) is 0 Å². The van der Waals surface area contributed by atoms with Gasteiger partial charge in [-0.2, -0.15) is 0 Å². The smallest absolute Gasteiger partial charge is 0.242 e. The van der Waals surface area contributed by atoms with Gasteiger partial charge in [-0.15, -0.1) is 0 Å². The lowest BCUT2D eigenvalue weighted by molar-refractivity contribution is -0.539. The van der Waals surface area contributed by atoms with Gasteiger partial charge < -0.3 is 5.32 Å². The SMILES string of the molecule is O=[N+]([O-])C(c1ccccc1)C1CCCNC1. The van der Waals surface area contributed by atoms with Crippen LogP contribution in [0.1, 0.15) is 24.4 Å². The second kappa shape index (κ2) is 5.07. The molecule has 0 radical (unpaired) electrons. The summed E-state index contributed by atoms with van der Waals surface area (Å²) >= 11 is 0. The first-order chi connectivity index (χ1) is 7.79. The second-order valence-electron chi connectivity index (χ2n) is 4.25. The van der Waals surface area contributed by atoms with Crippen molar-refractivity contribution in [3.05, 3.63) is 46.0 Å². The van der Waals surface area contributed by atoms with E-state index < -0.39 is 6.04 Å². The highest BCUT2D eigenvalue weighted by Crippen LogP contribution is 2.29. The number of piperidine rings is 1. The Morgan fingerprint density at radius 3 is 2.69 bits per heavy atom. The fraction of sp³-hybridized carbons (Fsp3) is 0.500. The summed E-state index contributed by atoms with van der Waals surface area (Å²) in [6.45, 7) is 1.73. The predicted octanol–water partition coefficient (Wildman–Crippen LogP) is 2.00. The van der Waals surface area contributed by atoms with E-state index >= 15 is 0 Å². The van der Waals surface area contributed by atoms with Crippen molar-refractivity contribution >= 4 is 0 Å². The Balaban J connectivity index is 2.20. The van der Waals surface area contributed by atoms with Crippen LogP contribution in [-0.2, 0) is 0 Å². The van der Waals surface area contributed by atoms with Gasteiger partial charge in [-0.05, 0) is 19.4 Å². The molecule has 0 aliphatic carbocycles. The van der Waals surface area contributed by atoms with Crippen molar-refractivity contribution < 1.29 is 4.92 Å². The van der Waals surface area contributed by atoms with E-state index in [1.165, 1.54) is 0 Å². The molecule has 4 heteroatoms. The molecule has 4 nitrogen and oxygen atoms in total. The zero-order valence-electron chi connectivity index (χ0n) is 9.13. The molecule has 0 spiro atoms. The van der Waals surface area contributed by atoms with Crippen molar-refractivity contribution in [2.45, 2.75) is 18.9 Å². The highest BCUT2D eigenvalue weighted by Gasteiger charge is 2.33. The second-order valence-corrected chi connectivity index (χ2v) is 4.25. The highest BCUT2D eigenvalue weighted by molar-refractivity contribution is 5.18. The summed E-state index contributed by atoms with van der Waals surface area (Å²) in [6, 6.07) is 8.75. The molecule has 1 aliphatic rings. The Bertz CT molecular complexity index is 347. The monoisotopic (exact) mass is 220 g/mol. The average molecular weight is 220 g/mol. The molecule has 0 bridgehead atoms. The quantitative estimate of drug-likeness (QED) is 0.626. The lowest BCUT2D eigenvalue weighted by atomic mass is 9.88. The van der Waals surface area contributed by atoms with Gasteiger partial charge >= 0.3 is 0 Å². The molecule has 1 N–H and O–H groups in total. The molecule has 2 unspecified atom stereocenters. The third kappa shape index (κ3) is 2.39. The molecule has 1 aliphatic heterocycles. The van der Waals surface area contributed by atoms with Gasteiger partial charge in [0.2, 0.25) is 6.04 Å². The molecule has 16 heavy (non-hydrogen) atoms. The minimum atomic E-state index is -0.561. The van der Waals surface area contributed by atoms with Gasteiger partial charge in [-0.3, -0.25) is 10.1 Å². The first-order valence-corrected chi connectivity index (χ1v) is 5.68. The van der Waals surface area contributed by atoms with E-state index in [1.54, 1.807) is 0 Å². The molecule has 2 rings (SSSR count). The maximum Gasteiger partial charge on any atom is 0.242 e. The van der Waals surface area contributed by atoms with E-state index in [4.69, 9.17) is 0 Å². The molecule has 0 saturated carbocycles. The lowest BCUT2D eigenvalue weighted by Crippen LogP contribution is -2.35. The minimum absolute atomic E-state index is 0.117. The maximum absolute atomic E-state index is 11.2. The van der Waals surface area contributed by atoms with E-state index in [1.807, 2.05) is 30.3 Å². The van der Waals surface area contributed by atoms with Crippen LogP contribution in [-0.4, -0.2) is 18.0 Å². The summed E-state index contributed by atoms with van der Waals surface area (Å²) in [6.07, 6.45) is 1.97. The Hall–Kier alpha value is -1.42. The third-order valence-corrected chi connectivity index (χ3v) is 3.15. The van der Waals surface area contributed by atoms with Gasteiger partial charge in [0.25, 0.3) is 0 Å². The van der Waals surface area contributed by atoms with Crippen molar-refractivity contribution in [2.24, 2.45) is 5.92 Å². The van der Waals surface area contributed by atoms with Crippen LogP contribution in [0.25, 0.3) is 0 Å². The Labute approximate surface area is 94.8 Å². The minimum Gasteiger partial charge on any atom is -0.316 e. The van der Waals surface area contributed by atoms with Crippen molar-refractivity contribution in [3.8, 4) is 0 Å². The van der Waals surface area contributed by atoms with Crippen LogP contribution in [0.3, 0.4) is 0 Å². The molecule has 1 heterocycles. The third-order valence-electron chi connectivity index (χ3n) is 3.15. The zero-order valence-corrected chi connectivity index (χ0v) is 9.13.